The minimum absolute atomic E-state index is 0.0958. The molecule has 3 N–H and O–H groups in total. The highest BCUT2D eigenvalue weighted by molar-refractivity contribution is 6.10. The van der Waals surface area contributed by atoms with Crippen molar-refractivity contribution in [3.05, 3.63) is 102 Å². The molecule has 0 aliphatic carbocycles. The van der Waals surface area contributed by atoms with Gasteiger partial charge in [-0.2, -0.15) is 0 Å². The van der Waals surface area contributed by atoms with Crippen molar-refractivity contribution in [3.63, 3.8) is 0 Å². The van der Waals surface area contributed by atoms with E-state index in [2.05, 4.69) is 10.6 Å². The van der Waals surface area contributed by atoms with Crippen LogP contribution in [0.4, 0.5) is 10.5 Å². The zero-order chi connectivity index (χ0) is 25.1. The van der Waals surface area contributed by atoms with E-state index in [4.69, 9.17) is 5.41 Å². The van der Waals surface area contributed by atoms with Crippen molar-refractivity contribution in [2.24, 2.45) is 5.92 Å². The number of anilines is 1. The van der Waals surface area contributed by atoms with Gasteiger partial charge in [0.25, 0.3) is 5.91 Å². The highest BCUT2D eigenvalue weighted by Crippen LogP contribution is 2.36. The maximum Gasteiger partial charge on any atom is 0.321 e. The van der Waals surface area contributed by atoms with E-state index in [9.17, 15) is 9.59 Å². The Balaban J connectivity index is 1.28. The van der Waals surface area contributed by atoms with E-state index >= 15 is 0 Å². The summed E-state index contributed by atoms with van der Waals surface area (Å²) in [6, 6.07) is 26.9. The van der Waals surface area contributed by atoms with Gasteiger partial charge in [-0.15, -0.1) is 0 Å². The number of aryl methyl sites for hydroxylation is 1. The molecule has 7 nitrogen and oxygen atoms in total. The summed E-state index contributed by atoms with van der Waals surface area (Å²) in [6.07, 6.45) is 1.56. The lowest BCUT2D eigenvalue weighted by Gasteiger charge is -2.34. The Morgan fingerprint density at radius 1 is 0.944 bits per heavy atom. The average molecular weight is 482 g/mol. The van der Waals surface area contributed by atoms with Gasteiger partial charge in [-0.3, -0.25) is 15.1 Å². The molecule has 0 atom stereocenters. The smallest absolute Gasteiger partial charge is 0.321 e. The Morgan fingerprint density at radius 3 is 2.08 bits per heavy atom. The second kappa shape index (κ2) is 9.85. The fourth-order valence-electron chi connectivity index (χ4n) is 5.20. The van der Waals surface area contributed by atoms with Crippen molar-refractivity contribution < 1.29 is 9.59 Å². The lowest BCUT2D eigenvalue weighted by atomic mass is 9.82. The van der Waals surface area contributed by atoms with Crippen LogP contribution in [-0.2, 0) is 10.3 Å². The van der Waals surface area contributed by atoms with Gasteiger partial charge in [0.2, 0.25) is 0 Å². The van der Waals surface area contributed by atoms with Crippen molar-refractivity contribution in [3.8, 4) is 0 Å². The van der Waals surface area contributed by atoms with Crippen molar-refractivity contribution in [1.82, 2.24) is 15.1 Å². The number of nitrogens with one attached hydrogen (secondary N) is 3. The molecule has 0 bridgehead atoms. The zero-order valence-electron chi connectivity index (χ0n) is 20.4. The first-order chi connectivity index (χ1) is 17.5. The molecule has 2 saturated heterocycles. The third-order valence-electron chi connectivity index (χ3n) is 7.28. The minimum Gasteiger partial charge on any atom is -0.334 e. The largest absolute Gasteiger partial charge is 0.334 e. The summed E-state index contributed by atoms with van der Waals surface area (Å²) in [5.41, 5.74) is 2.37. The highest BCUT2D eigenvalue weighted by Gasteiger charge is 2.52. The van der Waals surface area contributed by atoms with Crippen LogP contribution in [0.25, 0.3) is 0 Å². The molecule has 0 spiro atoms. The third-order valence-corrected chi connectivity index (χ3v) is 7.28. The summed E-state index contributed by atoms with van der Waals surface area (Å²) < 4.78 is 0. The van der Waals surface area contributed by atoms with E-state index in [1.54, 1.807) is 4.90 Å². The second-order valence-electron chi connectivity index (χ2n) is 9.55. The number of amides is 3. The summed E-state index contributed by atoms with van der Waals surface area (Å²) in [5.74, 6) is 0.193. The molecule has 2 aliphatic rings. The summed E-state index contributed by atoms with van der Waals surface area (Å²) >= 11 is 0. The van der Waals surface area contributed by atoms with Crippen molar-refractivity contribution in [2.45, 2.75) is 25.3 Å². The van der Waals surface area contributed by atoms with E-state index in [1.165, 1.54) is 0 Å². The van der Waals surface area contributed by atoms with Gasteiger partial charge in [0.1, 0.15) is 0 Å². The summed E-state index contributed by atoms with van der Waals surface area (Å²) in [7, 11) is 0. The van der Waals surface area contributed by atoms with Crippen LogP contribution in [0.5, 0.6) is 0 Å². The lowest BCUT2D eigenvalue weighted by molar-refractivity contribution is -0.130. The van der Waals surface area contributed by atoms with Gasteiger partial charge in [0.05, 0.1) is 0 Å². The van der Waals surface area contributed by atoms with Crippen LogP contribution >= 0.6 is 0 Å². The lowest BCUT2D eigenvalue weighted by Crippen LogP contribution is -2.46. The second-order valence-corrected chi connectivity index (χ2v) is 9.55. The molecule has 2 aliphatic heterocycles. The summed E-state index contributed by atoms with van der Waals surface area (Å²) in [4.78, 5) is 30.2. The third kappa shape index (κ3) is 4.33. The normalized spacial score (nSPS) is 17.7. The SMILES string of the molecule is Cc1ccccc1NC(=O)N1CCC(CN2C(=N)NC(c3ccccc3)(c3ccccc3)C2=O)CC1. The Morgan fingerprint density at radius 2 is 1.50 bits per heavy atom. The zero-order valence-corrected chi connectivity index (χ0v) is 20.4. The topological polar surface area (TPSA) is 88.5 Å². The number of para-hydroxylation sites is 1. The Labute approximate surface area is 211 Å². The van der Waals surface area contributed by atoms with Gasteiger partial charge < -0.3 is 15.5 Å². The van der Waals surface area contributed by atoms with Crippen LogP contribution in [0, 0.1) is 18.3 Å². The number of rotatable bonds is 5. The predicted octanol–water partition coefficient (Wildman–Crippen LogP) is 4.55. The number of likely N-dealkylation sites (tertiary alicyclic amines) is 1. The molecule has 2 heterocycles. The van der Waals surface area contributed by atoms with Crippen LogP contribution in [0.15, 0.2) is 84.9 Å². The first-order valence-electron chi connectivity index (χ1n) is 12.4. The molecule has 7 heteroatoms. The molecule has 36 heavy (non-hydrogen) atoms. The monoisotopic (exact) mass is 481 g/mol. The van der Waals surface area contributed by atoms with Crippen LogP contribution in [0.3, 0.4) is 0 Å². The number of carbonyl (C=O) groups excluding carboxylic acids is 2. The fourth-order valence-corrected chi connectivity index (χ4v) is 5.20. The van der Waals surface area contributed by atoms with Crippen molar-refractivity contribution in [1.29, 1.82) is 5.41 Å². The average Bonchev–Trinajstić information content (AvgIpc) is 3.17. The predicted molar refractivity (Wildman–Crippen MR) is 141 cm³/mol. The maximum atomic E-state index is 14.0. The summed E-state index contributed by atoms with van der Waals surface area (Å²) in [5, 5.41) is 14.9. The van der Waals surface area contributed by atoms with Gasteiger partial charge in [-0.05, 0) is 48.4 Å². The number of guanidine groups is 1. The van der Waals surface area contributed by atoms with Crippen LogP contribution in [0.2, 0.25) is 0 Å². The van der Waals surface area contributed by atoms with Crippen LogP contribution < -0.4 is 10.6 Å². The molecule has 0 radical (unpaired) electrons. The number of carbonyl (C=O) groups is 2. The van der Waals surface area contributed by atoms with Gasteiger partial charge in [-0.1, -0.05) is 78.9 Å². The molecule has 184 valence electrons. The first kappa shape index (κ1) is 23.6. The molecule has 3 aromatic rings. The minimum atomic E-state index is -1.12. The highest BCUT2D eigenvalue weighted by atomic mass is 16.2. The molecule has 0 unspecified atom stereocenters. The number of nitrogens with zero attached hydrogens (tertiary/aromatic N) is 2. The molecular formula is C29H31N5O2. The molecular weight excluding hydrogens is 450 g/mol. The van der Waals surface area contributed by atoms with E-state index in [0.717, 1.165) is 35.2 Å². The van der Waals surface area contributed by atoms with E-state index in [-0.39, 0.29) is 23.8 Å². The number of piperidine rings is 1. The van der Waals surface area contributed by atoms with Crippen LogP contribution in [0.1, 0.15) is 29.5 Å². The molecule has 3 amide bonds. The standard InChI is InChI=1S/C29H31N5O2/c1-21-10-8-9-15-25(21)31-28(36)33-18-16-22(17-19-33)20-34-26(35)29(32-27(34)30,23-11-4-2-5-12-23)24-13-6-3-7-14-24/h2-15,22H,16-20H2,1H3,(H2,30,32)(H,31,36). The van der Waals surface area contributed by atoms with Crippen molar-refractivity contribution >= 4 is 23.6 Å². The van der Waals surface area contributed by atoms with Crippen molar-refractivity contribution in [2.75, 3.05) is 25.0 Å². The van der Waals surface area contributed by atoms with Gasteiger partial charge in [0, 0.05) is 25.3 Å². The van der Waals surface area contributed by atoms with E-state index in [0.29, 0.717) is 19.6 Å². The van der Waals surface area contributed by atoms with Crippen LogP contribution in [-0.4, -0.2) is 47.3 Å². The van der Waals surface area contributed by atoms with E-state index < -0.39 is 5.54 Å². The molecule has 0 aromatic heterocycles. The number of benzene rings is 3. The van der Waals surface area contributed by atoms with Gasteiger partial charge >= 0.3 is 6.03 Å². The fraction of sp³-hybridized carbons (Fsp3) is 0.276. The molecule has 2 fully saturated rings. The van der Waals surface area contributed by atoms with Gasteiger partial charge in [0.15, 0.2) is 11.5 Å². The number of hydrogen-bond donors (Lipinski definition) is 3. The molecule has 3 aromatic carbocycles. The molecule has 0 saturated carbocycles. The Kier molecular flexibility index (Phi) is 6.46. The molecule has 5 rings (SSSR count). The van der Waals surface area contributed by atoms with Gasteiger partial charge in [-0.25, -0.2) is 4.79 Å². The number of urea groups is 1. The Hall–Kier alpha value is -4.13. The maximum absolute atomic E-state index is 14.0. The Bertz CT molecular complexity index is 1210. The first-order valence-corrected chi connectivity index (χ1v) is 12.4. The number of hydrogen-bond acceptors (Lipinski definition) is 3. The van der Waals surface area contributed by atoms with E-state index in [1.807, 2.05) is 96.8 Å². The quantitative estimate of drug-likeness (QED) is 0.500. The summed E-state index contributed by atoms with van der Waals surface area (Å²) in [6.45, 7) is 3.67.